The summed E-state index contributed by atoms with van der Waals surface area (Å²) < 4.78 is 6.83. The maximum absolute atomic E-state index is 12.7. The second-order valence-electron chi connectivity index (χ2n) is 6.49. The fraction of sp³-hybridized carbons (Fsp3) is 0.300. The van der Waals surface area contributed by atoms with Crippen LogP contribution in [-0.2, 0) is 16.0 Å². The average molecular weight is 475 g/mol. The molecule has 1 heterocycles. The summed E-state index contributed by atoms with van der Waals surface area (Å²) in [5, 5.41) is 4.69. The average Bonchev–Trinajstić information content (AvgIpc) is 3.01. The van der Waals surface area contributed by atoms with Gasteiger partial charge in [-0.15, -0.1) is 0 Å². The van der Waals surface area contributed by atoms with Gasteiger partial charge < -0.3 is 14.6 Å². The van der Waals surface area contributed by atoms with Gasteiger partial charge in [0.2, 0.25) is 5.91 Å². The van der Waals surface area contributed by atoms with Crippen LogP contribution >= 0.6 is 46.4 Å². The van der Waals surface area contributed by atoms with E-state index in [4.69, 9.17) is 51.1 Å². The molecule has 2 aromatic carbocycles. The van der Waals surface area contributed by atoms with Crippen molar-refractivity contribution in [3.05, 3.63) is 61.8 Å². The summed E-state index contributed by atoms with van der Waals surface area (Å²) in [6.45, 7) is 2.63. The van der Waals surface area contributed by atoms with E-state index in [-0.39, 0.29) is 5.91 Å². The number of nitrogens with one attached hydrogen (secondary N) is 1. The molecule has 3 aromatic rings. The van der Waals surface area contributed by atoms with Crippen molar-refractivity contribution >= 4 is 63.3 Å². The number of hydrogen-bond acceptors (Lipinski definition) is 3. The van der Waals surface area contributed by atoms with Crippen molar-refractivity contribution in [3.8, 4) is 0 Å². The zero-order valence-corrected chi connectivity index (χ0v) is 18.8. The van der Waals surface area contributed by atoms with Gasteiger partial charge in [-0.3, -0.25) is 4.79 Å². The van der Waals surface area contributed by atoms with Gasteiger partial charge in [-0.25, -0.2) is 4.98 Å². The first-order valence-electron chi connectivity index (χ1n) is 8.89. The van der Waals surface area contributed by atoms with E-state index in [1.54, 1.807) is 44.4 Å². The third kappa shape index (κ3) is 4.81. The fourth-order valence-corrected chi connectivity index (χ4v) is 3.94. The minimum absolute atomic E-state index is 0.168. The molecule has 1 N–H and O–H groups in total. The number of carbonyl (C=O) groups is 1. The first-order valence-corrected chi connectivity index (χ1v) is 10.4. The highest BCUT2D eigenvalue weighted by Gasteiger charge is 2.23. The van der Waals surface area contributed by atoms with E-state index >= 15 is 0 Å². The van der Waals surface area contributed by atoms with Crippen molar-refractivity contribution in [2.45, 2.75) is 19.4 Å². The molecule has 1 unspecified atom stereocenters. The van der Waals surface area contributed by atoms with Gasteiger partial charge in [0.15, 0.2) is 0 Å². The Morgan fingerprint density at radius 2 is 1.79 bits per heavy atom. The molecule has 3 rings (SSSR count). The van der Waals surface area contributed by atoms with E-state index in [9.17, 15) is 4.79 Å². The van der Waals surface area contributed by atoms with Crippen LogP contribution in [-0.4, -0.2) is 35.7 Å². The fourth-order valence-electron chi connectivity index (χ4n) is 3.10. The van der Waals surface area contributed by atoms with Crippen LogP contribution in [0.25, 0.3) is 11.0 Å². The smallest absolute Gasteiger partial charge is 0.242 e. The van der Waals surface area contributed by atoms with E-state index in [0.717, 1.165) is 5.56 Å². The Bertz CT molecular complexity index is 1030. The van der Waals surface area contributed by atoms with Crippen LogP contribution in [0.15, 0.2) is 30.3 Å². The molecule has 1 atom stereocenters. The predicted molar refractivity (Wildman–Crippen MR) is 119 cm³/mol. The Morgan fingerprint density at radius 3 is 2.45 bits per heavy atom. The summed E-state index contributed by atoms with van der Waals surface area (Å²) >= 11 is 25.1. The minimum atomic E-state index is -0.551. The highest BCUT2D eigenvalue weighted by atomic mass is 35.5. The second kappa shape index (κ2) is 9.54. The Morgan fingerprint density at radius 1 is 1.14 bits per heavy atom. The second-order valence-corrected chi connectivity index (χ2v) is 8.12. The van der Waals surface area contributed by atoms with Gasteiger partial charge in [-0.2, -0.15) is 0 Å². The number of rotatable bonds is 7. The van der Waals surface area contributed by atoms with Gasteiger partial charge in [0.05, 0.1) is 27.7 Å². The van der Waals surface area contributed by atoms with Crippen LogP contribution in [0, 0.1) is 0 Å². The molecule has 9 heteroatoms. The van der Waals surface area contributed by atoms with Gasteiger partial charge in [0.1, 0.15) is 11.9 Å². The van der Waals surface area contributed by atoms with Crippen molar-refractivity contribution in [3.63, 3.8) is 0 Å². The molecular weight excluding hydrogens is 456 g/mol. The molecule has 0 fully saturated rings. The van der Waals surface area contributed by atoms with E-state index in [2.05, 4.69) is 10.3 Å². The lowest BCUT2D eigenvalue weighted by Crippen LogP contribution is -2.33. The quantitative estimate of drug-likeness (QED) is 0.455. The van der Waals surface area contributed by atoms with E-state index in [1.807, 2.05) is 4.57 Å². The van der Waals surface area contributed by atoms with E-state index < -0.39 is 6.04 Å². The minimum Gasteiger partial charge on any atom is -0.383 e. The van der Waals surface area contributed by atoms with Crippen molar-refractivity contribution in [1.82, 2.24) is 14.9 Å². The van der Waals surface area contributed by atoms with Crippen LogP contribution in [0.5, 0.6) is 0 Å². The Kier molecular flexibility index (Phi) is 7.30. The first-order chi connectivity index (χ1) is 13.8. The molecule has 0 bridgehead atoms. The van der Waals surface area contributed by atoms with Crippen molar-refractivity contribution < 1.29 is 9.53 Å². The number of halogens is 4. The molecule has 0 spiro atoms. The number of carbonyl (C=O) groups excluding carboxylic acids is 1. The molecule has 0 aliphatic carbocycles. The number of ether oxygens (including phenoxy) is 1. The van der Waals surface area contributed by atoms with E-state index in [0.29, 0.717) is 56.5 Å². The maximum Gasteiger partial charge on any atom is 0.242 e. The molecule has 154 valence electrons. The molecule has 29 heavy (non-hydrogen) atoms. The number of benzene rings is 2. The molecule has 0 saturated heterocycles. The van der Waals surface area contributed by atoms with Crippen LogP contribution in [0.2, 0.25) is 20.1 Å². The van der Waals surface area contributed by atoms with Crippen LogP contribution in [0.3, 0.4) is 0 Å². The van der Waals surface area contributed by atoms with Gasteiger partial charge in [0.25, 0.3) is 0 Å². The lowest BCUT2D eigenvalue weighted by molar-refractivity contribution is -0.124. The van der Waals surface area contributed by atoms with Crippen molar-refractivity contribution in [2.75, 3.05) is 20.3 Å². The van der Waals surface area contributed by atoms with Gasteiger partial charge >= 0.3 is 0 Å². The third-order valence-corrected chi connectivity index (χ3v) is 6.00. The van der Waals surface area contributed by atoms with Crippen LogP contribution < -0.4 is 5.32 Å². The SMILES string of the molecule is COCCNC(=O)C(C)n1c(Cc2c(Cl)cccc2Cl)nc2cc(Cl)c(Cl)cc21. The van der Waals surface area contributed by atoms with Crippen LogP contribution in [0.4, 0.5) is 0 Å². The number of amides is 1. The molecule has 0 radical (unpaired) electrons. The van der Waals surface area contributed by atoms with Gasteiger partial charge in [-0.05, 0) is 36.8 Å². The summed E-state index contributed by atoms with van der Waals surface area (Å²) in [7, 11) is 1.58. The standard InChI is InChI=1S/C20H19Cl4N3O2/c1-11(20(28)25-6-7-29-2)27-18-10-16(24)15(23)9-17(18)26-19(27)8-12-13(21)4-3-5-14(12)22/h3-5,9-11H,6-8H2,1-2H3,(H,25,28). The molecule has 0 saturated carbocycles. The topological polar surface area (TPSA) is 56.1 Å². The number of nitrogens with zero attached hydrogens (tertiary/aromatic N) is 2. The summed E-state index contributed by atoms with van der Waals surface area (Å²) in [5.41, 5.74) is 2.07. The lowest BCUT2D eigenvalue weighted by atomic mass is 10.1. The van der Waals surface area contributed by atoms with E-state index in [1.165, 1.54) is 0 Å². The summed E-state index contributed by atoms with van der Waals surface area (Å²) in [4.78, 5) is 17.4. The van der Waals surface area contributed by atoms with Crippen molar-refractivity contribution in [2.24, 2.45) is 0 Å². The number of methoxy groups -OCH3 is 1. The first kappa shape index (κ1) is 22.2. The van der Waals surface area contributed by atoms with Gasteiger partial charge in [0, 0.05) is 30.1 Å². The monoisotopic (exact) mass is 473 g/mol. The Balaban J connectivity index is 2.08. The zero-order chi connectivity index (χ0) is 21.1. The molecule has 5 nitrogen and oxygen atoms in total. The largest absolute Gasteiger partial charge is 0.383 e. The summed E-state index contributed by atoms with van der Waals surface area (Å²) in [6, 6.07) is 8.16. The Hall–Kier alpha value is -1.50. The Labute approximate surface area is 188 Å². The number of fused-ring (bicyclic) bond motifs is 1. The number of hydrogen-bond donors (Lipinski definition) is 1. The summed E-state index contributed by atoms with van der Waals surface area (Å²) in [6.07, 6.45) is 0.345. The molecule has 1 amide bonds. The van der Waals surface area contributed by atoms with Gasteiger partial charge in [-0.1, -0.05) is 52.5 Å². The highest BCUT2D eigenvalue weighted by molar-refractivity contribution is 6.42. The number of imidazole rings is 1. The molecule has 1 aromatic heterocycles. The van der Waals surface area contributed by atoms with Crippen LogP contribution in [0.1, 0.15) is 24.4 Å². The number of aromatic nitrogens is 2. The zero-order valence-electron chi connectivity index (χ0n) is 15.8. The molecule has 0 aliphatic heterocycles. The summed E-state index contributed by atoms with van der Waals surface area (Å²) in [5.74, 6) is 0.460. The third-order valence-electron chi connectivity index (χ3n) is 4.57. The maximum atomic E-state index is 12.7. The molecular formula is C20H19Cl4N3O2. The lowest BCUT2D eigenvalue weighted by Gasteiger charge is -2.18. The highest BCUT2D eigenvalue weighted by Crippen LogP contribution is 2.33. The molecule has 0 aliphatic rings. The predicted octanol–water partition coefficient (Wildman–Crippen LogP) is 5.56. The van der Waals surface area contributed by atoms with Crippen molar-refractivity contribution in [1.29, 1.82) is 0 Å². The normalized spacial score (nSPS) is 12.3.